The number of nitrogens with one attached hydrogen (secondary N) is 2. The highest BCUT2D eigenvalue weighted by Crippen LogP contribution is 2.23. The second-order valence-corrected chi connectivity index (χ2v) is 8.34. The van der Waals surface area contributed by atoms with E-state index in [1.165, 1.54) is 7.11 Å². The lowest BCUT2D eigenvalue weighted by Gasteiger charge is -2.11. The number of carbonyl (C=O) groups excluding carboxylic acids is 1. The van der Waals surface area contributed by atoms with Crippen molar-refractivity contribution in [3.05, 3.63) is 83.4 Å². The van der Waals surface area contributed by atoms with Crippen molar-refractivity contribution in [2.45, 2.75) is 18.7 Å². The van der Waals surface area contributed by atoms with Crippen molar-refractivity contribution in [3.8, 4) is 5.75 Å². The zero-order chi connectivity index (χ0) is 21.0. The number of amides is 1. The van der Waals surface area contributed by atoms with Crippen LogP contribution in [0.4, 0.5) is 11.4 Å². The minimum atomic E-state index is -3.68. The van der Waals surface area contributed by atoms with Crippen LogP contribution < -0.4 is 14.8 Å². The van der Waals surface area contributed by atoms with Gasteiger partial charge in [-0.3, -0.25) is 9.52 Å². The van der Waals surface area contributed by atoms with Crippen molar-refractivity contribution in [2.24, 2.45) is 0 Å². The van der Waals surface area contributed by atoms with Crippen LogP contribution in [0.1, 0.15) is 21.5 Å². The van der Waals surface area contributed by atoms with Crippen molar-refractivity contribution >= 4 is 27.3 Å². The van der Waals surface area contributed by atoms with Gasteiger partial charge in [-0.05, 0) is 62.4 Å². The third kappa shape index (κ3) is 4.94. The maximum atomic E-state index is 12.6. The molecule has 0 saturated heterocycles. The number of methoxy groups -OCH3 is 1. The molecule has 3 aromatic rings. The van der Waals surface area contributed by atoms with Gasteiger partial charge in [-0.2, -0.15) is 0 Å². The zero-order valence-electron chi connectivity index (χ0n) is 16.4. The highest BCUT2D eigenvalue weighted by atomic mass is 32.2. The van der Waals surface area contributed by atoms with Gasteiger partial charge in [0.2, 0.25) is 0 Å². The monoisotopic (exact) mass is 410 g/mol. The fourth-order valence-corrected chi connectivity index (χ4v) is 3.81. The van der Waals surface area contributed by atoms with Gasteiger partial charge in [0.25, 0.3) is 15.9 Å². The summed E-state index contributed by atoms with van der Waals surface area (Å²) in [6.07, 6.45) is 0. The van der Waals surface area contributed by atoms with Crippen LogP contribution >= 0.6 is 0 Å². The van der Waals surface area contributed by atoms with Crippen LogP contribution in [-0.4, -0.2) is 21.4 Å². The quantitative estimate of drug-likeness (QED) is 0.632. The number of ether oxygens (including phenoxy) is 1. The van der Waals surface area contributed by atoms with Gasteiger partial charge in [-0.25, -0.2) is 8.42 Å². The summed E-state index contributed by atoms with van der Waals surface area (Å²) in [5.74, 6) is 0.175. The molecule has 0 aliphatic rings. The first-order valence-corrected chi connectivity index (χ1v) is 10.4. The number of sulfonamides is 1. The fraction of sp³-hybridized carbons (Fsp3) is 0.136. The van der Waals surface area contributed by atoms with Crippen LogP contribution in [0.5, 0.6) is 5.75 Å². The Morgan fingerprint density at radius 1 is 0.828 bits per heavy atom. The molecule has 150 valence electrons. The molecule has 0 atom stereocenters. The molecule has 0 aliphatic heterocycles. The first-order valence-electron chi connectivity index (χ1n) is 8.94. The van der Waals surface area contributed by atoms with Crippen molar-refractivity contribution < 1.29 is 17.9 Å². The maximum absolute atomic E-state index is 12.6. The van der Waals surface area contributed by atoms with Crippen molar-refractivity contribution in [1.82, 2.24) is 0 Å². The number of rotatable bonds is 6. The number of hydrogen-bond acceptors (Lipinski definition) is 4. The topological polar surface area (TPSA) is 84.5 Å². The molecule has 7 heteroatoms. The van der Waals surface area contributed by atoms with E-state index >= 15 is 0 Å². The lowest BCUT2D eigenvalue weighted by Crippen LogP contribution is -2.14. The van der Waals surface area contributed by atoms with E-state index in [0.29, 0.717) is 22.7 Å². The molecular formula is C22H22N2O4S. The lowest BCUT2D eigenvalue weighted by molar-refractivity contribution is 0.102. The Kier molecular flexibility index (Phi) is 5.89. The Balaban J connectivity index is 1.73. The van der Waals surface area contributed by atoms with Crippen LogP contribution in [0.15, 0.2) is 71.6 Å². The van der Waals surface area contributed by atoms with E-state index in [0.717, 1.165) is 11.1 Å². The Morgan fingerprint density at radius 2 is 1.41 bits per heavy atom. The minimum Gasteiger partial charge on any atom is -0.496 e. The molecule has 0 aromatic heterocycles. The normalized spacial score (nSPS) is 11.0. The molecule has 6 nitrogen and oxygen atoms in total. The average Bonchev–Trinajstić information content (AvgIpc) is 2.69. The molecule has 29 heavy (non-hydrogen) atoms. The standard InChI is InChI=1S/C22H22N2O4S/c1-15-4-11-19(12-5-15)29(26,27)24-18-9-7-17(8-10-18)23-22(25)20-14-16(2)6-13-21(20)28-3/h4-14,24H,1-3H3,(H,23,25). The third-order valence-corrected chi connectivity index (χ3v) is 5.72. The van der Waals surface area contributed by atoms with Gasteiger partial charge in [0.15, 0.2) is 0 Å². The second-order valence-electron chi connectivity index (χ2n) is 6.65. The van der Waals surface area contributed by atoms with E-state index in [1.807, 2.05) is 19.9 Å². The molecule has 0 fully saturated rings. The summed E-state index contributed by atoms with van der Waals surface area (Å²) in [6, 6.07) is 18.4. The average molecular weight is 410 g/mol. The Bertz CT molecular complexity index is 1120. The van der Waals surface area contributed by atoms with E-state index in [9.17, 15) is 13.2 Å². The fourth-order valence-electron chi connectivity index (χ4n) is 2.75. The van der Waals surface area contributed by atoms with Crippen molar-refractivity contribution in [2.75, 3.05) is 17.1 Å². The van der Waals surface area contributed by atoms with Crippen LogP contribution in [0.2, 0.25) is 0 Å². The summed E-state index contributed by atoms with van der Waals surface area (Å²) < 4.78 is 32.7. The number of hydrogen-bond donors (Lipinski definition) is 2. The first kappa shape index (κ1) is 20.4. The number of aryl methyl sites for hydroxylation is 2. The van der Waals surface area contributed by atoms with Gasteiger partial charge >= 0.3 is 0 Å². The number of anilines is 2. The summed E-state index contributed by atoms with van der Waals surface area (Å²) in [5.41, 5.74) is 3.29. The molecule has 0 heterocycles. The summed E-state index contributed by atoms with van der Waals surface area (Å²) in [7, 11) is -2.17. The van der Waals surface area contributed by atoms with E-state index in [4.69, 9.17) is 4.74 Å². The molecule has 2 N–H and O–H groups in total. The van der Waals surface area contributed by atoms with Gasteiger partial charge in [0.1, 0.15) is 5.75 Å². The van der Waals surface area contributed by atoms with Gasteiger partial charge in [-0.1, -0.05) is 29.3 Å². The SMILES string of the molecule is COc1ccc(C)cc1C(=O)Nc1ccc(NS(=O)(=O)c2ccc(C)cc2)cc1. The molecule has 0 aliphatic carbocycles. The smallest absolute Gasteiger partial charge is 0.261 e. The molecule has 3 rings (SSSR count). The molecule has 0 unspecified atom stereocenters. The zero-order valence-corrected chi connectivity index (χ0v) is 17.2. The first-order chi connectivity index (χ1) is 13.8. The van der Waals surface area contributed by atoms with Crippen molar-refractivity contribution in [3.63, 3.8) is 0 Å². The summed E-state index contributed by atoms with van der Waals surface area (Å²) in [5, 5.41) is 2.79. The third-order valence-electron chi connectivity index (χ3n) is 4.33. The Hall–Kier alpha value is -3.32. The van der Waals surface area contributed by atoms with Crippen LogP contribution in [-0.2, 0) is 10.0 Å². The number of benzene rings is 3. The highest BCUT2D eigenvalue weighted by Gasteiger charge is 2.15. The molecule has 0 saturated carbocycles. The van der Waals surface area contributed by atoms with E-state index < -0.39 is 10.0 Å². The highest BCUT2D eigenvalue weighted by molar-refractivity contribution is 7.92. The predicted octanol–water partition coefficient (Wildman–Crippen LogP) is 4.37. The molecule has 3 aromatic carbocycles. The van der Waals surface area contributed by atoms with Gasteiger partial charge in [0.05, 0.1) is 17.6 Å². The minimum absolute atomic E-state index is 0.187. The number of carbonyl (C=O) groups is 1. The predicted molar refractivity (Wildman–Crippen MR) is 114 cm³/mol. The molecule has 0 bridgehead atoms. The van der Waals surface area contributed by atoms with Crippen LogP contribution in [0.25, 0.3) is 0 Å². The largest absolute Gasteiger partial charge is 0.496 e. The molecule has 0 radical (unpaired) electrons. The molecule has 1 amide bonds. The van der Waals surface area contributed by atoms with Gasteiger partial charge in [0, 0.05) is 11.4 Å². The summed E-state index contributed by atoms with van der Waals surface area (Å²) in [4.78, 5) is 12.8. The second kappa shape index (κ2) is 8.36. The summed E-state index contributed by atoms with van der Waals surface area (Å²) in [6.45, 7) is 3.79. The van der Waals surface area contributed by atoms with E-state index in [2.05, 4.69) is 10.0 Å². The summed E-state index contributed by atoms with van der Waals surface area (Å²) >= 11 is 0. The van der Waals surface area contributed by atoms with Crippen molar-refractivity contribution in [1.29, 1.82) is 0 Å². The van der Waals surface area contributed by atoms with Crippen LogP contribution in [0, 0.1) is 13.8 Å². The van der Waals surface area contributed by atoms with E-state index in [1.54, 1.807) is 60.7 Å². The van der Waals surface area contributed by atoms with Crippen LogP contribution in [0.3, 0.4) is 0 Å². The molecule has 0 spiro atoms. The Morgan fingerprint density at radius 3 is 2.03 bits per heavy atom. The Labute approximate surface area is 170 Å². The van der Waals surface area contributed by atoms with Gasteiger partial charge in [-0.15, -0.1) is 0 Å². The van der Waals surface area contributed by atoms with Gasteiger partial charge < -0.3 is 10.1 Å². The maximum Gasteiger partial charge on any atom is 0.261 e. The lowest BCUT2D eigenvalue weighted by atomic mass is 10.1. The molecular weight excluding hydrogens is 388 g/mol. The van der Waals surface area contributed by atoms with E-state index in [-0.39, 0.29) is 10.8 Å².